The Morgan fingerprint density at radius 1 is 0.947 bits per heavy atom. The van der Waals surface area contributed by atoms with Crippen molar-refractivity contribution in [3.8, 4) is 0 Å². The van der Waals surface area contributed by atoms with Crippen molar-refractivity contribution in [1.82, 2.24) is 9.97 Å². The normalized spacial score (nSPS) is 11.3. The van der Waals surface area contributed by atoms with Gasteiger partial charge in [-0.25, -0.2) is 4.98 Å². The number of benzene rings is 1. The second-order valence-corrected chi connectivity index (χ2v) is 4.37. The van der Waals surface area contributed by atoms with Gasteiger partial charge in [-0.05, 0) is 25.0 Å². The van der Waals surface area contributed by atoms with Gasteiger partial charge in [0.1, 0.15) is 5.82 Å². The van der Waals surface area contributed by atoms with Gasteiger partial charge in [-0.1, -0.05) is 51.5 Å². The molecule has 1 N–H and O–H groups in total. The summed E-state index contributed by atoms with van der Waals surface area (Å²) in [5.41, 5.74) is 6.74. The van der Waals surface area contributed by atoms with Crippen molar-refractivity contribution in [2.45, 2.75) is 54.4 Å². The first-order chi connectivity index (χ1) is 9.22. The second kappa shape index (κ2) is 7.13. The third kappa shape index (κ3) is 3.46. The Balaban J connectivity index is 0.000000415. The molecule has 0 atom stereocenters. The predicted octanol–water partition coefficient (Wildman–Crippen LogP) is 4.57. The fourth-order valence-electron chi connectivity index (χ4n) is 2.34. The molecule has 0 unspecified atom stereocenters. The number of aryl methyl sites for hydroxylation is 2. The number of H-pyrrole nitrogens is 1. The van der Waals surface area contributed by atoms with E-state index in [9.17, 15) is 0 Å². The lowest BCUT2D eigenvalue weighted by molar-refractivity contribution is 0.948. The van der Waals surface area contributed by atoms with Gasteiger partial charge in [-0.2, -0.15) is 0 Å². The van der Waals surface area contributed by atoms with Crippen LogP contribution < -0.4 is 0 Å². The summed E-state index contributed by atoms with van der Waals surface area (Å²) in [7, 11) is 0. The predicted molar refractivity (Wildman–Crippen MR) is 82.8 cm³/mol. The van der Waals surface area contributed by atoms with Gasteiger partial charge in [0.2, 0.25) is 0 Å². The van der Waals surface area contributed by atoms with Crippen LogP contribution in [-0.2, 0) is 12.8 Å². The SMILES string of the molecule is CC.CC.Cc1ccc2c(c1)Cc1[nH]c(C)nc1C2. The number of rotatable bonds is 0. The minimum Gasteiger partial charge on any atom is -0.346 e. The summed E-state index contributed by atoms with van der Waals surface area (Å²) >= 11 is 0. The smallest absolute Gasteiger partial charge is 0.103 e. The van der Waals surface area contributed by atoms with Crippen LogP contribution in [0.2, 0.25) is 0 Å². The molecule has 0 amide bonds. The average molecular weight is 258 g/mol. The Labute approximate surface area is 117 Å². The summed E-state index contributed by atoms with van der Waals surface area (Å²) in [6.07, 6.45) is 1.99. The number of fused-ring (bicyclic) bond motifs is 2. The second-order valence-electron chi connectivity index (χ2n) is 4.37. The molecule has 2 nitrogen and oxygen atoms in total. The monoisotopic (exact) mass is 258 g/mol. The highest BCUT2D eigenvalue weighted by Crippen LogP contribution is 2.26. The number of aromatic amines is 1. The van der Waals surface area contributed by atoms with E-state index in [0.717, 1.165) is 18.7 Å². The van der Waals surface area contributed by atoms with Crippen molar-refractivity contribution >= 4 is 0 Å². The van der Waals surface area contributed by atoms with E-state index in [-0.39, 0.29) is 0 Å². The Morgan fingerprint density at radius 2 is 1.63 bits per heavy atom. The molecule has 2 aromatic rings. The van der Waals surface area contributed by atoms with Crippen LogP contribution in [0.1, 0.15) is 61.6 Å². The van der Waals surface area contributed by atoms with Gasteiger partial charge in [0, 0.05) is 18.5 Å². The molecule has 1 aliphatic rings. The van der Waals surface area contributed by atoms with E-state index in [2.05, 4.69) is 35.1 Å². The maximum Gasteiger partial charge on any atom is 0.103 e. The molecule has 19 heavy (non-hydrogen) atoms. The molecule has 1 heterocycles. The lowest BCUT2D eigenvalue weighted by Gasteiger charge is -2.15. The maximum absolute atomic E-state index is 4.52. The molecule has 0 saturated heterocycles. The Kier molecular flexibility index (Phi) is 5.81. The number of hydrogen-bond donors (Lipinski definition) is 1. The summed E-state index contributed by atoms with van der Waals surface area (Å²) in [6, 6.07) is 6.70. The molecule has 0 radical (unpaired) electrons. The van der Waals surface area contributed by atoms with Gasteiger partial charge in [-0.15, -0.1) is 0 Å². The fraction of sp³-hybridized carbons (Fsp3) is 0.471. The highest BCUT2D eigenvalue weighted by atomic mass is 14.9. The molecular weight excluding hydrogens is 232 g/mol. The zero-order valence-corrected chi connectivity index (χ0v) is 13.1. The lowest BCUT2D eigenvalue weighted by atomic mass is 9.91. The molecule has 1 aromatic heterocycles. The van der Waals surface area contributed by atoms with Gasteiger partial charge < -0.3 is 4.98 Å². The van der Waals surface area contributed by atoms with E-state index in [1.807, 2.05) is 34.6 Å². The van der Waals surface area contributed by atoms with Gasteiger partial charge in [0.15, 0.2) is 0 Å². The molecule has 2 heteroatoms. The largest absolute Gasteiger partial charge is 0.346 e. The van der Waals surface area contributed by atoms with Crippen molar-refractivity contribution in [2.24, 2.45) is 0 Å². The Bertz CT molecular complexity index is 524. The molecule has 3 rings (SSSR count). The first-order valence-corrected chi connectivity index (χ1v) is 7.35. The van der Waals surface area contributed by atoms with E-state index in [4.69, 9.17) is 0 Å². The molecule has 0 spiro atoms. The highest BCUT2D eigenvalue weighted by molar-refractivity contribution is 5.42. The van der Waals surface area contributed by atoms with Gasteiger partial charge in [0.05, 0.1) is 5.69 Å². The van der Waals surface area contributed by atoms with E-state index in [1.54, 1.807) is 0 Å². The van der Waals surface area contributed by atoms with Crippen LogP contribution >= 0.6 is 0 Å². The summed E-state index contributed by atoms with van der Waals surface area (Å²) < 4.78 is 0. The molecule has 1 aromatic carbocycles. The number of nitrogens with one attached hydrogen (secondary N) is 1. The van der Waals surface area contributed by atoms with E-state index in [0.29, 0.717) is 0 Å². The number of nitrogens with zero attached hydrogens (tertiary/aromatic N) is 1. The van der Waals surface area contributed by atoms with Crippen molar-refractivity contribution in [2.75, 3.05) is 0 Å². The zero-order valence-electron chi connectivity index (χ0n) is 13.1. The highest BCUT2D eigenvalue weighted by Gasteiger charge is 2.17. The first kappa shape index (κ1) is 15.5. The summed E-state index contributed by atoms with van der Waals surface area (Å²) in [5, 5.41) is 0. The molecule has 0 bridgehead atoms. The summed E-state index contributed by atoms with van der Waals surface area (Å²) in [6.45, 7) is 12.2. The Hall–Kier alpha value is -1.57. The molecule has 0 aliphatic heterocycles. The van der Waals surface area contributed by atoms with Crippen molar-refractivity contribution in [1.29, 1.82) is 0 Å². The molecule has 1 aliphatic carbocycles. The first-order valence-electron chi connectivity index (χ1n) is 7.35. The van der Waals surface area contributed by atoms with Gasteiger partial charge in [0.25, 0.3) is 0 Å². The third-order valence-corrected chi connectivity index (χ3v) is 3.07. The van der Waals surface area contributed by atoms with Gasteiger partial charge >= 0.3 is 0 Å². The average Bonchev–Trinajstić information content (AvgIpc) is 2.79. The lowest BCUT2D eigenvalue weighted by Crippen LogP contribution is -2.07. The van der Waals surface area contributed by atoms with Gasteiger partial charge in [-0.3, -0.25) is 0 Å². The zero-order chi connectivity index (χ0) is 14.4. The minimum atomic E-state index is 0.981. The van der Waals surface area contributed by atoms with Crippen LogP contribution in [0, 0.1) is 13.8 Å². The maximum atomic E-state index is 4.52. The van der Waals surface area contributed by atoms with Crippen LogP contribution in [0.25, 0.3) is 0 Å². The standard InChI is InChI=1S/C13H14N2.2C2H6/c1-8-3-4-10-6-12-13(7-11(10)5-8)15-9(2)14-12;2*1-2/h3-5H,6-7H2,1-2H3,(H,14,15);2*1-2H3. The molecule has 104 valence electrons. The quantitative estimate of drug-likeness (QED) is 0.628. The van der Waals surface area contributed by atoms with E-state index >= 15 is 0 Å². The van der Waals surface area contributed by atoms with Crippen molar-refractivity contribution in [3.05, 3.63) is 52.1 Å². The Morgan fingerprint density at radius 3 is 2.32 bits per heavy atom. The topological polar surface area (TPSA) is 28.7 Å². The van der Waals surface area contributed by atoms with E-state index < -0.39 is 0 Å². The molecule has 0 saturated carbocycles. The number of hydrogen-bond acceptors (Lipinski definition) is 1. The molecule has 0 fully saturated rings. The van der Waals surface area contributed by atoms with Crippen LogP contribution in [-0.4, -0.2) is 9.97 Å². The van der Waals surface area contributed by atoms with Crippen LogP contribution in [0.4, 0.5) is 0 Å². The molecular formula is C17H26N2. The van der Waals surface area contributed by atoms with E-state index in [1.165, 1.54) is 28.1 Å². The number of imidazole rings is 1. The fourth-order valence-corrected chi connectivity index (χ4v) is 2.34. The minimum absolute atomic E-state index is 0.981. The van der Waals surface area contributed by atoms with Crippen molar-refractivity contribution < 1.29 is 0 Å². The summed E-state index contributed by atoms with van der Waals surface area (Å²) in [5.74, 6) is 1.03. The van der Waals surface area contributed by atoms with Crippen molar-refractivity contribution in [3.63, 3.8) is 0 Å². The summed E-state index contributed by atoms with van der Waals surface area (Å²) in [4.78, 5) is 7.86. The van der Waals surface area contributed by atoms with Crippen LogP contribution in [0.15, 0.2) is 18.2 Å². The number of aromatic nitrogens is 2. The third-order valence-electron chi connectivity index (χ3n) is 3.07. The van der Waals surface area contributed by atoms with Crippen LogP contribution in [0.3, 0.4) is 0 Å². The van der Waals surface area contributed by atoms with Crippen LogP contribution in [0.5, 0.6) is 0 Å².